The van der Waals surface area contributed by atoms with Gasteiger partial charge in [-0.3, -0.25) is 9.69 Å². The van der Waals surface area contributed by atoms with Crippen LogP contribution in [-0.2, 0) is 11.3 Å². The number of rotatable bonds is 5. The third-order valence-corrected chi connectivity index (χ3v) is 3.72. The van der Waals surface area contributed by atoms with E-state index in [0.717, 1.165) is 44.8 Å². The maximum atomic E-state index is 12.0. The maximum Gasteiger partial charge on any atom is 0.251 e. The van der Waals surface area contributed by atoms with Crippen LogP contribution in [0.25, 0.3) is 0 Å². The number of ether oxygens (including phenoxy) is 1. The van der Waals surface area contributed by atoms with Crippen LogP contribution in [0.5, 0.6) is 0 Å². The van der Waals surface area contributed by atoms with E-state index >= 15 is 0 Å². The second-order valence-electron chi connectivity index (χ2n) is 5.37. The van der Waals surface area contributed by atoms with Gasteiger partial charge in [-0.05, 0) is 31.0 Å². The van der Waals surface area contributed by atoms with Gasteiger partial charge in [0, 0.05) is 31.2 Å². The van der Waals surface area contributed by atoms with Crippen molar-refractivity contribution < 1.29 is 9.53 Å². The lowest BCUT2D eigenvalue weighted by Gasteiger charge is -2.26. The van der Waals surface area contributed by atoms with Gasteiger partial charge in [0.15, 0.2) is 0 Å². The van der Waals surface area contributed by atoms with Gasteiger partial charge >= 0.3 is 0 Å². The zero-order chi connectivity index (χ0) is 14.4. The first-order valence-corrected chi connectivity index (χ1v) is 7.39. The summed E-state index contributed by atoms with van der Waals surface area (Å²) in [6, 6.07) is 8.12. The van der Waals surface area contributed by atoms with Gasteiger partial charge in [-0.25, -0.2) is 0 Å². The van der Waals surface area contributed by atoms with Crippen molar-refractivity contribution in [2.24, 2.45) is 0 Å². The third kappa shape index (κ3) is 4.32. The second kappa shape index (κ2) is 7.41. The zero-order valence-corrected chi connectivity index (χ0v) is 12.4. The molecule has 1 aliphatic rings. The van der Waals surface area contributed by atoms with Crippen LogP contribution >= 0.6 is 0 Å². The molecule has 0 aliphatic carbocycles. The number of nitrogens with zero attached hydrogens (tertiary/aromatic N) is 1. The molecule has 0 aromatic heterocycles. The van der Waals surface area contributed by atoms with Crippen LogP contribution in [0, 0.1) is 0 Å². The minimum absolute atomic E-state index is 0.0114. The number of hydrogen-bond donors (Lipinski definition) is 1. The summed E-state index contributed by atoms with van der Waals surface area (Å²) in [7, 11) is 0. The summed E-state index contributed by atoms with van der Waals surface area (Å²) < 4.78 is 5.34. The molecular formula is C16H24N2O2. The number of hydrogen-bond acceptors (Lipinski definition) is 3. The van der Waals surface area contributed by atoms with Gasteiger partial charge in [0.1, 0.15) is 0 Å². The van der Waals surface area contributed by atoms with Crippen molar-refractivity contribution in [3.05, 3.63) is 35.4 Å². The van der Waals surface area contributed by atoms with Crippen LogP contribution in [-0.4, -0.2) is 43.2 Å². The Balaban J connectivity index is 1.90. The molecule has 20 heavy (non-hydrogen) atoms. The van der Waals surface area contributed by atoms with Gasteiger partial charge in [0.25, 0.3) is 5.91 Å². The lowest BCUT2D eigenvalue weighted by Crippen LogP contribution is -2.35. The summed E-state index contributed by atoms with van der Waals surface area (Å²) in [5.74, 6) is 0.0114. The van der Waals surface area contributed by atoms with Gasteiger partial charge in [-0.2, -0.15) is 0 Å². The first kappa shape index (κ1) is 15.0. The molecule has 1 fully saturated rings. The van der Waals surface area contributed by atoms with Crippen molar-refractivity contribution in [1.29, 1.82) is 0 Å². The van der Waals surface area contributed by atoms with Crippen LogP contribution < -0.4 is 5.32 Å². The van der Waals surface area contributed by atoms with Crippen molar-refractivity contribution in [1.82, 2.24) is 10.2 Å². The van der Waals surface area contributed by atoms with E-state index in [1.54, 1.807) is 0 Å². The van der Waals surface area contributed by atoms with Gasteiger partial charge in [-0.15, -0.1) is 0 Å². The average molecular weight is 276 g/mol. The highest BCUT2D eigenvalue weighted by molar-refractivity contribution is 5.94. The standard InChI is InChI=1S/C16H24N2O2/c1-3-13(2)17-16(19)15-6-4-14(5-7-15)12-18-8-10-20-11-9-18/h4-7,13H,3,8-12H2,1-2H3,(H,17,19). The van der Waals surface area contributed by atoms with E-state index in [-0.39, 0.29) is 11.9 Å². The monoisotopic (exact) mass is 276 g/mol. The Hall–Kier alpha value is -1.39. The summed E-state index contributed by atoms with van der Waals surface area (Å²) in [6.45, 7) is 8.61. The number of carbonyl (C=O) groups excluding carboxylic acids is 1. The van der Waals surface area contributed by atoms with Crippen LogP contribution in [0.4, 0.5) is 0 Å². The normalized spacial score (nSPS) is 17.7. The molecule has 110 valence electrons. The molecule has 4 heteroatoms. The fraction of sp³-hybridized carbons (Fsp3) is 0.562. The molecule has 4 nitrogen and oxygen atoms in total. The molecule has 0 radical (unpaired) electrons. The largest absolute Gasteiger partial charge is 0.379 e. The third-order valence-electron chi connectivity index (χ3n) is 3.72. The van der Waals surface area contributed by atoms with E-state index < -0.39 is 0 Å². The SMILES string of the molecule is CCC(C)NC(=O)c1ccc(CN2CCOCC2)cc1. The van der Waals surface area contributed by atoms with Crippen molar-refractivity contribution >= 4 is 5.91 Å². The Bertz CT molecular complexity index is 425. The Labute approximate surface area is 121 Å². The topological polar surface area (TPSA) is 41.6 Å². The van der Waals surface area contributed by atoms with Crippen LogP contribution in [0.15, 0.2) is 24.3 Å². The predicted molar refractivity (Wildman–Crippen MR) is 79.8 cm³/mol. The lowest BCUT2D eigenvalue weighted by atomic mass is 10.1. The molecule has 1 saturated heterocycles. The highest BCUT2D eigenvalue weighted by Gasteiger charge is 2.12. The Morgan fingerprint density at radius 2 is 1.95 bits per heavy atom. The van der Waals surface area contributed by atoms with Crippen molar-refractivity contribution in [2.45, 2.75) is 32.9 Å². The van der Waals surface area contributed by atoms with E-state index in [2.05, 4.69) is 17.1 Å². The second-order valence-corrected chi connectivity index (χ2v) is 5.37. The van der Waals surface area contributed by atoms with Crippen molar-refractivity contribution in [2.75, 3.05) is 26.3 Å². The summed E-state index contributed by atoms with van der Waals surface area (Å²) >= 11 is 0. The quantitative estimate of drug-likeness (QED) is 0.895. The van der Waals surface area contributed by atoms with Crippen molar-refractivity contribution in [3.63, 3.8) is 0 Å². The highest BCUT2D eigenvalue weighted by Crippen LogP contribution is 2.09. The average Bonchev–Trinajstić information content (AvgIpc) is 2.49. The Kier molecular flexibility index (Phi) is 5.56. The van der Waals surface area contributed by atoms with E-state index in [4.69, 9.17) is 4.74 Å². The maximum absolute atomic E-state index is 12.0. The fourth-order valence-electron chi connectivity index (χ4n) is 2.19. The molecule has 1 N–H and O–H groups in total. The minimum Gasteiger partial charge on any atom is -0.379 e. The van der Waals surface area contributed by atoms with E-state index in [0.29, 0.717) is 0 Å². The first-order chi connectivity index (χ1) is 9.69. The van der Waals surface area contributed by atoms with Gasteiger partial charge < -0.3 is 10.1 Å². The van der Waals surface area contributed by atoms with E-state index in [1.165, 1.54) is 5.56 Å². The van der Waals surface area contributed by atoms with Gasteiger partial charge in [0.2, 0.25) is 0 Å². The number of carbonyl (C=O) groups is 1. The van der Waals surface area contributed by atoms with E-state index in [1.807, 2.05) is 31.2 Å². The van der Waals surface area contributed by atoms with Crippen LogP contribution in [0.3, 0.4) is 0 Å². The first-order valence-electron chi connectivity index (χ1n) is 7.39. The lowest BCUT2D eigenvalue weighted by molar-refractivity contribution is 0.0342. The molecule has 1 unspecified atom stereocenters. The molecule has 1 aromatic carbocycles. The molecule has 1 amide bonds. The fourth-order valence-corrected chi connectivity index (χ4v) is 2.19. The molecule has 2 rings (SSSR count). The molecule has 0 bridgehead atoms. The minimum atomic E-state index is 0.0114. The summed E-state index contributed by atoms with van der Waals surface area (Å²) in [6.07, 6.45) is 0.945. The molecule has 1 atom stereocenters. The molecule has 1 aliphatic heterocycles. The summed E-state index contributed by atoms with van der Waals surface area (Å²) in [5, 5.41) is 2.98. The van der Waals surface area contributed by atoms with Crippen molar-refractivity contribution in [3.8, 4) is 0 Å². The number of morpholine rings is 1. The Morgan fingerprint density at radius 3 is 2.55 bits per heavy atom. The summed E-state index contributed by atoms with van der Waals surface area (Å²) in [4.78, 5) is 14.3. The molecule has 1 heterocycles. The Morgan fingerprint density at radius 1 is 1.30 bits per heavy atom. The number of amides is 1. The molecule has 1 aromatic rings. The highest BCUT2D eigenvalue weighted by atomic mass is 16.5. The number of nitrogens with one attached hydrogen (secondary N) is 1. The van der Waals surface area contributed by atoms with E-state index in [9.17, 15) is 4.79 Å². The predicted octanol–water partition coefficient (Wildman–Crippen LogP) is 2.05. The van der Waals surface area contributed by atoms with Gasteiger partial charge in [0.05, 0.1) is 13.2 Å². The summed E-state index contributed by atoms with van der Waals surface area (Å²) in [5.41, 5.74) is 1.98. The molecular weight excluding hydrogens is 252 g/mol. The molecule has 0 spiro atoms. The zero-order valence-electron chi connectivity index (χ0n) is 12.4. The number of benzene rings is 1. The smallest absolute Gasteiger partial charge is 0.251 e. The molecule has 0 saturated carbocycles. The van der Waals surface area contributed by atoms with Crippen LogP contribution in [0.1, 0.15) is 36.2 Å². The van der Waals surface area contributed by atoms with Crippen LogP contribution in [0.2, 0.25) is 0 Å². The van der Waals surface area contributed by atoms with Gasteiger partial charge in [-0.1, -0.05) is 19.1 Å².